The number of ether oxygens (including phenoxy) is 1. The number of carbonyl (C=O) groups is 1. The van der Waals surface area contributed by atoms with Crippen molar-refractivity contribution in [3.8, 4) is 17.2 Å². The van der Waals surface area contributed by atoms with Crippen LogP contribution in [0.3, 0.4) is 0 Å². The monoisotopic (exact) mass is 563 g/mol. The van der Waals surface area contributed by atoms with Crippen LogP contribution in [0, 0.1) is 0 Å². The highest BCUT2D eigenvalue weighted by Gasteiger charge is 2.22. The van der Waals surface area contributed by atoms with Gasteiger partial charge in [0.15, 0.2) is 5.65 Å². The molecule has 0 spiro atoms. The van der Waals surface area contributed by atoms with Crippen molar-refractivity contribution in [3.05, 3.63) is 69.5 Å². The first-order valence-electron chi connectivity index (χ1n) is 12.9. The minimum atomic E-state index is -0.897. The summed E-state index contributed by atoms with van der Waals surface area (Å²) >= 11 is 0. The quantitative estimate of drug-likeness (QED) is 0.233. The number of para-hydroxylation sites is 1. The Morgan fingerprint density at radius 1 is 1.02 bits per heavy atom. The number of aliphatic hydroxyl groups is 1. The second kappa shape index (κ2) is 11.7. The molecular weight excluding hydrogens is 534 g/mol. The van der Waals surface area contributed by atoms with Crippen LogP contribution in [-0.4, -0.2) is 91.7 Å². The number of phenols is 2. The molecule has 0 unspecified atom stereocenters. The molecule has 0 radical (unpaired) electrons. The zero-order valence-corrected chi connectivity index (χ0v) is 22.2. The van der Waals surface area contributed by atoms with E-state index in [1.807, 2.05) is 24.3 Å². The van der Waals surface area contributed by atoms with Gasteiger partial charge in [0.1, 0.15) is 29.2 Å². The van der Waals surface area contributed by atoms with Crippen LogP contribution in [0.4, 0.5) is 17.3 Å². The van der Waals surface area contributed by atoms with Crippen LogP contribution < -0.4 is 21.5 Å². The van der Waals surface area contributed by atoms with E-state index in [-0.39, 0.29) is 41.7 Å². The summed E-state index contributed by atoms with van der Waals surface area (Å²) in [6, 6.07) is 11.4. The van der Waals surface area contributed by atoms with Crippen molar-refractivity contribution in [1.29, 1.82) is 0 Å². The molecule has 1 fully saturated rings. The lowest BCUT2D eigenvalue weighted by atomic mass is 10.2. The predicted octanol–water partition coefficient (Wildman–Crippen LogP) is 0.384. The van der Waals surface area contributed by atoms with Gasteiger partial charge in [0, 0.05) is 50.9 Å². The molecule has 1 amide bonds. The zero-order valence-electron chi connectivity index (χ0n) is 22.2. The number of anilines is 3. The van der Waals surface area contributed by atoms with Gasteiger partial charge in [0.05, 0.1) is 13.2 Å². The van der Waals surface area contributed by atoms with Crippen molar-refractivity contribution < 1.29 is 24.9 Å². The van der Waals surface area contributed by atoms with E-state index in [0.717, 1.165) is 10.3 Å². The van der Waals surface area contributed by atoms with Crippen molar-refractivity contribution in [2.75, 3.05) is 56.7 Å². The lowest BCUT2D eigenvalue weighted by Gasteiger charge is -2.36. The van der Waals surface area contributed by atoms with Crippen molar-refractivity contribution in [2.45, 2.75) is 6.54 Å². The van der Waals surface area contributed by atoms with Crippen LogP contribution in [0.25, 0.3) is 16.7 Å². The molecule has 4 aromatic rings. The zero-order chi connectivity index (χ0) is 29.1. The molecule has 4 N–H and O–H groups in total. The molecule has 14 heteroatoms. The van der Waals surface area contributed by atoms with Crippen molar-refractivity contribution in [3.63, 3.8) is 0 Å². The van der Waals surface area contributed by atoms with E-state index in [0.29, 0.717) is 36.4 Å². The minimum Gasteiger partial charge on any atom is -0.506 e. The van der Waals surface area contributed by atoms with E-state index in [2.05, 4.69) is 20.2 Å². The number of aliphatic hydroxyl groups excluding tert-OH is 1. The Bertz CT molecular complexity index is 1670. The van der Waals surface area contributed by atoms with E-state index in [4.69, 9.17) is 4.74 Å². The van der Waals surface area contributed by atoms with Gasteiger partial charge in [-0.15, -0.1) is 0 Å². The highest BCUT2D eigenvalue weighted by Crippen LogP contribution is 2.29. The minimum absolute atomic E-state index is 0.0183. The largest absolute Gasteiger partial charge is 0.506 e. The second-order valence-electron chi connectivity index (χ2n) is 9.35. The molecule has 1 aliphatic rings. The smallest absolute Gasteiger partial charge is 0.337 e. The molecule has 41 heavy (non-hydrogen) atoms. The Hall–Kier alpha value is -4.95. The number of amides is 1. The van der Waals surface area contributed by atoms with Gasteiger partial charge in [-0.3, -0.25) is 14.2 Å². The third kappa shape index (κ3) is 5.42. The third-order valence-electron chi connectivity index (χ3n) is 6.81. The molecular formula is C27H29N7O7. The number of rotatable bonds is 8. The summed E-state index contributed by atoms with van der Waals surface area (Å²) < 4.78 is 6.64. The number of aromatic hydroxyl groups is 2. The van der Waals surface area contributed by atoms with Crippen LogP contribution in [-0.2, 0) is 16.1 Å². The number of benzene rings is 2. The Labute approximate surface area is 233 Å². The van der Waals surface area contributed by atoms with Gasteiger partial charge < -0.3 is 35.2 Å². The maximum absolute atomic E-state index is 13.3. The van der Waals surface area contributed by atoms with E-state index in [1.54, 1.807) is 4.90 Å². The molecule has 0 atom stereocenters. The van der Waals surface area contributed by atoms with Crippen LogP contribution in [0.1, 0.15) is 0 Å². The van der Waals surface area contributed by atoms with E-state index in [9.17, 15) is 29.7 Å². The lowest BCUT2D eigenvalue weighted by Crippen LogP contribution is -2.49. The highest BCUT2D eigenvalue weighted by molar-refractivity contribution is 5.78. The summed E-state index contributed by atoms with van der Waals surface area (Å²) in [6.07, 6.45) is 1.24. The Balaban J connectivity index is 1.41. The summed E-state index contributed by atoms with van der Waals surface area (Å²) in [4.78, 5) is 51.2. The van der Waals surface area contributed by atoms with Gasteiger partial charge in [-0.2, -0.15) is 4.98 Å². The lowest BCUT2D eigenvalue weighted by molar-refractivity contribution is -0.135. The maximum Gasteiger partial charge on any atom is 0.337 e. The van der Waals surface area contributed by atoms with Gasteiger partial charge in [0.2, 0.25) is 11.9 Å². The average Bonchev–Trinajstić information content (AvgIpc) is 2.97. The molecule has 0 saturated carbocycles. The van der Waals surface area contributed by atoms with Gasteiger partial charge in [-0.25, -0.2) is 14.3 Å². The first-order chi connectivity index (χ1) is 19.8. The number of methoxy groups -OCH3 is 1. The summed E-state index contributed by atoms with van der Waals surface area (Å²) in [5.74, 6) is -0.850. The van der Waals surface area contributed by atoms with Crippen LogP contribution in [0.15, 0.2) is 58.3 Å². The van der Waals surface area contributed by atoms with Gasteiger partial charge in [0.25, 0.3) is 5.56 Å². The fourth-order valence-electron chi connectivity index (χ4n) is 4.77. The number of nitrogens with one attached hydrogen (secondary N) is 1. The molecule has 0 bridgehead atoms. The van der Waals surface area contributed by atoms with Gasteiger partial charge in [-0.1, -0.05) is 6.07 Å². The van der Waals surface area contributed by atoms with Crippen molar-refractivity contribution in [1.82, 2.24) is 24.0 Å². The number of carbonyl (C=O) groups excluding carboxylic acids is 1. The normalized spacial score (nSPS) is 13.5. The molecule has 1 aliphatic heterocycles. The molecule has 3 heterocycles. The number of piperazine rings is 1. The fraction of sp³-hybridized carbons (Fsp3) is 0.296. The molecule has 2 aromatic heterocycles. The van der Waals surface area contributed by atoms with Crippen molar-refractivity contribution >= 4 is 34.3 Å². The SMILES string of the molecule is COCC(=O)N1CCN(c2ccc(Nc3ncc4c(=O)n(-c5c(O)cccc5O)c(=O)n(CCO)c4n3)cc2)CC1. The summed E-state index contributed by atoms with van der Waals surface area (Å²) in [6.45, 7) is 2.04. The number of phenolic OH excluding ortho intramolecular Hbond substituents is 2. The number of nitrogens with zero attached hydrogens (tertiary/aromatic N) is 6. The first kappa shape index (κ1) is 27.6. The van der Waals surface area contributed by atoms with Gasteiger partial charge >= 0.3 is 5.69 Å². The van der Waals surface area contributed by atoms with Crippen LogP contribution in [0.5, 0.6) is 11.5 Å². The van der Waals surface area contributed by atoms with E-state index in [1.165, 1.54) is 31.5 Å². The molecule has 5 rings (SSSR count). The number of hydrogen-bond donors (Lipinski definition) is 4. The standard InChI is InChI=1S/C27H29N7O7/c1-41-16-22(38)32-11-9-31(10-12-32)18-7-5-17(6-8-18)29-26-28-15-19-24(30-26)33(13-14-35)27(40)34(25(19)39)23-20(36)3-2-4-21(23)37/h2-8,15,35-37H,9-14,16H2,1H3,(H,28,29,30). The number of hydrogen-bond acceptors (Lipinski definition) is 11. The average molecular weight is 564 g/mol. The summed E-state index contributed by atoms with van der Waals surface area (Å²) in [7, 11) is 1.50. The van der Waals surface area contributed by atoms with Crippen molar-refractivity contribution in [2.24, 2.45) is 0 Å². The van der Waals surface area contributed by atoms with Gasteiger partial charge in [-0.05, 0) is 36.4 Å². The topological polar surface area (TPSA) is 175 Å². The number of aromatic nitrogens is 4. The Morgan fingerprint density at radius 2 is 1.71 bits per heavy atom. The molecule has 0 aliphatic carbocycles. The highest BCUT2D eigenvalue weighted by atomic mass is 16.5. The maximum atomic E-state index is 13.3. The predicted molar refractivity (Wildman–Crippen MR) is 150 cm³/mol. The molecule has 14 nitrogen and oxygen atoms in total. The van der Waals surface area contributed by atoms with Crippen LogP contribution in [0.2, 0.25) is 0 Å². The van der Waals surface area contributed by atoms with E-state index >= 15 is 0 Å². The summed E-state index contributed by atoms with van der Waals surface area (Å²) in [5.41, 5.74) is -0.483. The second-order valence-corrected chi connectivity index (χ2v) is 9.35. The Kier molecular flexibility index (Phi) is 7.85. The molecule has 214 valence electrons. The first-order valence-corrected chi connectivity index (χ1v) is 12.9. The van der Waals surface area contributed by atoms with Crippen LogP contribution >= 0.6 is 0 Å². The fourth-order valence-corrected chi connectivity index (χ4v) is 4.77. The Morgan fingerprint density at radius 3 is 2.34 bits per heavy atom. The molecule has 1 saturated heterocycles. The molecule has 2 aromatic carbocycles. The summed E-state index contributed by atoms with van der Waals surface area (Å²) in [5, 5.41) is 33.2. The third-order valence-corrected chi connectivity index (χ3v) is 6.81. The number of fused-ring (bicyclic) bond motifs is 1. The van der Waals surface area contributed by atoms with E-state index < -0.39 is 29.4 Å².